The Hall–Kier alpha value is -0.910. The van der Waals surface area contributed by atoms with E-state index < -0.39 is 0 Å². The van der Waals surface area contributed by atoms with Crippen molar-refractivity contribution in [1.82, 2.24) is 10.6 Å². The molecule has 2 unspecified atom stereocenters. The second-order valence-corrected chi connectivity index (χ2v) is 6.55. The van der Waals surface area contributed by atoms with E-state index in [9.17, 15) is 4.79 Å². The van der Waals surface area contributed by atoms with E-state index >= 15 is 0 Å². The molecule has 2 N–H and O–H groups in total. The summed E-state index contributed by atoms with van der Waals surface area (Å²) >= 11 is 1.78. The van der Waals surface area contributed by atoms with Crippen LogP contribution in [-0.2, 0) is 9.53 Å². The summed E-state index contributed by atoms with van der Waals surface area (Å²) in [5.74, 6) is 0.0822. The van der Waals surface area contributed by atoms with Crippen LogP contribution in [0.3, 0.4) is 0 Å². The smallest absolute Gasteiger partial charge is 0.222 e. The van der Waals surface area contributed by atoms with Gasteiger partial charge in [0, 0.05) is 28.8 Å². The van der Waals surface area contributed by atoms with Crippen LogP contribution in [0.1, 0.15) is 34.7 Å². The van der Waals surface area contributed by atoms with E-state index in [0.29, 0.717) is 13.0 Å². The number of carbonyl (C=O) groups is 1. The van der Waals surface area contributed by atoms with E-state index in [0.717, 1.165) is 13.2 Å². The highest BCUT2D eigenvalue weighted by atomic mass is 32.1. The van der Waals surface area contributed by atoms with Crippen molar-refractivity contribution in [2.24, 2.45) is 0 Å². The first-order chi connectivity index (χ1) is 9.06. The third kappa shape index (κ3) is 4.03. The number of amides is 1. The van der Waals surface area contributed by atoms with Gasteiger partial charge in [-0.1, -0.05) is 0 Å². The predicted molar refractivity (Wildman–Crippen MR) is 77.6 cm³/mol. The van der Waals surface area contributed by atoms with E-state index in [1.807, 2.05) is 6.92 Å². The van der Waals surface area contributed by atoms with Crippen molar-refractivity contribution in [2.45, 2.75) is 39.3 Å². The third-order valence-corrected chi connectivity index (χ3v) is 4.34. The normalized spacial score (nSPS) is 21.1. The van der Waals surface area contributed by atoms with Crippen LogP contribution >= 0.6 is 11.3 Å². The highest BCUT2D eigenvalue weighted by Crippen LogP contribution is 2.26. The molecule has 2 atom stereocenters. The molecule has 5 heteroatoms. The molecule has 1 amide bonds. The molecule has 0 aromatic carbocycles. The first-order valence-electron chi connectivity index (χ1n) is 6.73. The van der Waals surface area contributed by atoms with Crippen molar-refractivity contribution in [2.75, 3.05) is 19.8 Å². The lowest BCUT2D eigenvalue weighted by Crippen LogP contribution is -2.44. The molecular formula is C14H22N2O2S. The molecule has 0 radical (unpaired) electrons. The Bertz CT molecular complexity index is 439. The number of rotatable bonds is 4. The Morgan fingerprint density at radius 3 is 3.00 bits per heavy atom. The van der Waals surface area contributed by atoms with E-state index in [1.165, 1.54) is 15.3 Å². The van der Waals surface area contributed by atoms with Crippen molar-refractivity contribution < 1.29 is 9.53 Å². The molecule has 19 heavy (non-hydrogen) atoms. The number of morpholine rings is 1. The minimum absolute atomic E-state index is 0.0713. The van der Waals surface area contributed by atoms with Gasteiger partial charge in [-0.3, -0.25) is 4.79 Å². The molecule has 1 aliphatic rings. The molecule has 4 nitrogen and oxygen atoms in total. The van der Waals surface area contributed by atoms with E-state index in [2.05, 4.69) is 30.5 Å². The standard InChI is InChI=1S/C14H22N2O2S/c1-9-6-13(11(3)19-9)10(2)16-14(17)7-12-8-18-5-4-15-12/h6,10,12,15H,4-5,7-8H2,1-3H3,(H,16,17). The number of carbonyl (C=O) groups excluding carboxylic acids is 1. The van der Waals surface area contributed by atoms with Gasteiger partial charge in [-0.05, 0) is 32.4 Å². The molecule has 1 saturated heterocycles. The summed E-state index contributed by atoms with van der Waals surface area (Å²) in [6.07, 6.45) is 0.479. The number of ether oxygens (including phenoxy) is 1. The lowest BCUT2D eigenvalue weighted by molar-refractivity contribution is -0.122. The first-order valence-corrected chi connectivity index (χ1v) is 7.55. The van der Waals surface area contributed by atoms with Gasteiger partial charge in [0.1, 0.15) is 0 Å². The molecule has 1 aromatic rings. The molecule has 2 rings (SSSR count). The SMILES string of the molecule is Cc1cc(C(C)NC(=O)CC2COCCN2)c(C)s1. The second kappa shape index (κ2) is 6.50. The van der Waals surface area contributed by atoms with Gasteiger partial charge in [-0.2, -0.15) is 0 Å². The van der Waals surface area contributed by atoms with E-state index in [4.69, 9.17) is 4.74 Å². The zero-order valence-electron chi connectivity index (χ0n) is 11.8. The summed E-state index contributed by atoms with van der Waals surface area (Å²) in [6, 6.07) is 2.38. The van der Waals surface area contributed by atoms with Gasteiger partial charge in [0.15, 0.2) is 0 Å². The van der Waals surface area contributed by atoms with Gasteiger partial charge in [0.2, 0.25) is 5.91 Å². The Balaban J connectivity index is 1.86. The van der Waals surface area contributed by atoms with Gasteiger partial charge < -0.3 is 15.4 Å². The Kier molecular flexibility index (Phi) is 4.96. The molecule has 106 valence electrons. The average molecular weight is 282 g/mol. The van der Waals surface area contributed by atoms with Crippen LogP contribution in [0.4, 0.5) is 0 Å². The fourth-order valence-corrected chi connectivity index (χ4v) is 3.46. The van der Waals surface area contributed by atoms with Crippen LogP contribution in [-0.4, -0.2) is 31.7 Å². The van der Waals surface area contributed by atoms with Crippen LogP contribution in [0.5, 0.6) is 0 Å². The zero-order valence-corrected chi connectivity index (χ0v) is 12.6. The minimum atomic E-state index is 0.0713. The van der Waals surface area contributed by atoms with Gasteiger partial charge >= 0.3 is 0 Å². The summed E-state index contributed by atoms with van der Waals surface area (Å²) in [5, 5.41) is 6.36. The van der Waals surface area contributed by atoms with Crippen molar-refractivity contribution >= 4 is 17.2 Å². The first kappa shape index (κ1) is 14.5. The molecule has 1 aliphatic heterocycles. The fourth-order valence-electron chi connectivity index (χ4n) is 2.43. The number of thiophene rings is 1. The highest BCUT2D eigenvalue weighted by Gasteiger charge is 2.19. The quantitative estimate of drug-likeness (QED) is 0.887. The molecule has 0 saturated carbocycles. The monoisotopic (exact) mass is 282 g/mol. The number of nitrogens with one attached hydrogen (secondary N) is 2. The van der Waals surface area contributed by atoms with Crippen LogP contribution < -0.4 is 10.6 Å². The van der Waals surface area contributed by atoms with Crippen molar-refractivity contribution in [3.8, 4) is 0 Å². The van der Waals surface area contributed by atoms with Gasteiger partial charge in [-0.25, -0.2) is 0 Å². The lowest BCUT2D eigenvalue weighted by Gasteiger charge is -2.24. The van der Waals surface area contributed by atoms with Gasteiger partial charge in [-0.15, -0.1) is 11.3 Å². The molecule has 2 heterocycles. The highest BCUT2D eigenvalue weighted by molar-refractivity contribution is 7.12. The summed E-state index contributed by atoms with van der Waals surface area (Å²) < 4.78 is 5.35. The summed E-state index contributed by atoms with van der Waals surface area (Å²) in [7, 11) is 0. The molecule has 0 spiro atoms. The van der Waals surface area contributed by atoms with E-state index in [1.54, 1.807) is 11.3 Å². The molecule has 1 aromatic heterocycles. The van der Waals surface area contributed by atoms with Crippen molar-refractivity contribution in [1.29, 1.82) is 0 Å². The Morgan fingerprint density at radius 1 is 1.63 bits per heavy atom. The minimum Gasteiger partial charge on any atom is -0.378 e. The number of hydrogen-bond acceptors (Lipinski definition) is 4. The van der Waals surface area contributed by atoms with Crippen LogP contribution in [0.2, 0.25) is 0 Å². The van der Waals surface area contributed by atoms with Crippen LogP contribution in [0, 0.1) is 13.8 Å². The lowest BCUT2D eigenvalue weighted by atomic mass is 10.1. The number of aryl methyl sites for hydroxylation is 2. The van der Waals surface area contributed by atoms with Crippen LogP contribution in [0.25, 0.3) is 0 Å². The number of hydrogen-bond donors (Lipinski definition) is 2. The molecular weight excluding hydrogens is 260 g/mol. The maximum atomic E-state index is 12.0. The molecule has 0 aliphatic carbocycles. The predicted octanol–water partition coefficient (Wildman–Crippen LogP) is 1.92. The fraction of sp³-hybridized carbons (Fsp3) is 0.643. The average Bonchev–Trinajstić information content (AvgIpc) is 2.69. The molecule has 0 bridgehead atoms. The maximum absolute atomic E-state index is 12.0. The Morgan fingerprint density at radius 2 is 2.42 bits per heavy atom. The third-order valence-electron chi connectivity index (χ3n) is 3.35. The maximum Gasteiger partial charge on any atom is 0.222 e. The van der Waals surface area contributed by atoms with Gasteiger partial charge in [0.25, 0.3) is 0 Å². The summed E-state index contributed by atoms with van der Waals surface area (Å²) in [5.41, 5.74) is 1.23. The van der Waals surface area contributed by atoms with Gasteiger partial charge in [0.05, 0.1) is 19.3 Å². The topological polar surface area (TPSA) is 50.4 Å². The van der Waals surface area contributed by atoms with Crippen LogP contribution in [0.15, 0.2) is 6.07 Å². The summed E-state index contributed by atoms with van der Waals surface area (Å²) in [4.78, 5) is 14.6. The largest absolute Gasteiger partial charge is 0.378 e. The Labute approximate surface area is 118 Å². The second-order valence-electron chi connectivity index (χ2n) is 5.09. The van der Waals surface area contributed by atoms with E-state index in [-0.39, 0.29) is 18.0 Å². The van der Waals surface area contributed by atoms with Crippen molar-refractivity contribution in [3.63, 3.8) is 0 Å². The van der Waals surface area contributed by atoms with Crippen molar-refractivity contribution in [3.05, 3.63) is 21.4 Å². The zero-order chi connectivity index (χ0) is 13.8. The molecule has 1 fully saturated rings. The summed E-state index contributed by atoms with van der Waals surface area (Å²) in [6.45, 7) is 8.43.